The summed E-state index contributed by atoms with van der Waals surface area (Å²) in [5, 5.41) is 9.36. The number of carbonyl (C=O) groups excluding carboxylic acids is 1. The third kappa shape index (κ3) is 4.63. The molecule has 8 nitrogen and oxygen atoms in total. The Bertz CT molecular complexity index is 1580. The second-order valence-electron chi connectivity index (χ2n) is 9.48. The van der Waals surface area contributed by atoms with E-state index in [0.717, 1.165) is 33.1 Å². The molecule has 5 rings (SSSR count). The van der Waals surface area contributed by atoms with Gasteiger partial charge in [0.05, 0.1) is 17.2 Å². The van der Waals surface area contributed by atoms with E-state index in [1.807, 2.05) is 82.3 Å². The number of nitrogens with two attached hydrogens (primary N) is 1. The summed E-state index contributed by atoms with van der Waals surface area (Å²) in [6, 6.07) is 19.2. The Kier molecular flexibility index (Phi) is 5.36. The molecule has 176 valence electrons. The average Bonchev–Trinajstić information content (AvgIpc) is 3.22. The molecule has 5 aromatic rings. The molecule has 0 fully saturated rings. The van der Waals surface area contributed by atoms with E-state index in [-0.39, 0.29) is 0 Å². The van der Waals surface area contributed by atoms with Crippen LogP contribution < -0.4 is 11.1 Å². The van der Waals surface area contributed by atoms with Crippen molar-refractivity contribution < 1.29 is 9.53 Å². The van der Waals surface area contributed by atoms with Crippen molar-refractivity contribution in [2.24, 2.45) is 0 Å². The highest BCUT2D eigenvalue weighted by molar-refractivity contribution is 5.95. The van der Waals surface area contributed by atoms with Gasteiger partial charge >= 0.3 is 6.09 Å². The van der Waals surface area contributed by atoms with Gasteiger partial charge in [0.25, 0.3) is 0 Å². The lowest BCUT2D eigenvalue weighted by atomic mass is 10.1. The summed E-state index contributed by atoms with van der Waals surface area (Å²) < 4.78 is 6.73. The summed E-state index contributed by atoms with van der Waals surface area (Å²) in [5.74, 6) is 1.25. The Morgan fingerprint density at radius 3 is 2.63 bits per heavy atom. The Balaban J connectivity index is 1.55. The number of fused-ring (bicyclic) bond motifs is 2. The third-order valence-corrected chi connectivity index (χ3v) is 5.39. The lowest BCUT2D eigenvalue weighted by Crippen LogP contribution is -2.27. The third-order valence-electron chi connectivity index (χ3n) is 5.39. The predicted octanol–water partition coefficient (Wildman–Crippen LogP) is 6.06. The smallest absolute Gasteiger partial charge is 0.435 e. The first-order chi connectivity index (χ1) is 16.7. The lowest BCUT2D eigenvalue weighted by molar-refractivity contribution is 0.0522. The number of hydrogen-bond acceptors (Lipinski definition) is 7. The summed E-state index contributed by atoms with van der Waals surface area (Å²) in [5.41, 5.74) is 10.3. The minimum atomic E-state index is -0.607. The molecule has 0 aliphatic heterocycles. The molecular weight excluding hydrogens is 440 g/mol. The maximum absolute atomic E-state index is 12.5. The maximum atomic E-state index is 12.5. The molecule has 2 heterocycles. The van der Waals surface area contributed by atoms with Crippen LogP contribution in [0, 0.1) is 6.92 Å². The number of rotatable bonds is 3. The highest BCUT2D eigenvalue weighted by atomic mass is 16.6. The van der Waals surface area contributed by atoms with Crippen molar-refractivity contribution in [2.75, 3.05) is 11.1 Å². The van der Waals surface area contributed by atoms with Crippen LogP contribution in [0.3, 0.4) is 0 Å². The number of benzene rings is 3. The molecule has 35 heavy (non-hydrogen) atoms. The van der Waals surface area contributed by atoms with Gasteiger partial charge in [0.1, 0.15) is 11.4 Å². The van der Waals surface area contributed by atoms with Crippen molar-refractivity contribution in [1.82, 2.24) is 19.7 Å². The van der Waals surface area contributed by atoms with E-state index in [1.54, 1.807) is 6.20 Å². The normalized spacial score (nSPS) is 11.7. The van der Waals surface area contributed by atoms with E-state index in [0.29, 0.717) is 22.8 Å². The van der Waals surface area contributed by atoms with Crippen LogP contribution in [-0.2, 0) is 4.74 Å². The van der Waals surface area contributed by atoms with Gasteiger partial charge < -0.3 is 15.8 Å². The van der Waals surface area contributed by atoms with Crippen molar-refractivity contribution in [3.8, 4) is 11.4 Å². The summed E-state index contributed by atoms with van der Waals surface area (Å²) in [6.07, 6.45) is 1.13. The van der Waals surface area contributed by atoms with Crippen LogP contribution in [0.25, 0.3) is 33.2 Å². The zero-order chi connectivity index (χ0) is 24.7. The van der Waals surface area contributed by atoms with Crippen molar-refractivity contribution in [2.45, 2.75) is 33.3 Å². The summed E-state index contributed by atoms with van der Waals surface area (Å²) in [4.78, 5) is 22.1. The first kappa shape index (κ1) is 22.3. The molecule has 8 heteroatoms. The quantitative estimate of drug-likeness (QED) is 0.311. The van der Waals surface area contributed by atoms with E-state index in [1.165, 1.54) is 4.68 Å². The SMILES string of the molecule is Cc1ccc2nc(-c3cccc(N)c3)nc(Nc3ccc4c(cnn4C(=O)OC(C)(C)C)c3)c2c1. The summed E-state index contributed by atoms with van der Waals surface area (Å²) >= 11 is 0. The van der Waals surface area contributed by atoms with Gasteiger partial charge in [-0.05, 0) is 70.2 Å². The molecule has 0 amide bonds. The molecule has 0 aliphatic rings. The van der Waals surface area contributed by atoms with Gasteiger partial charge in [0.2, 0.25) is 0 Å². The number of nitrogens with one attached hydrogen (secondary N) is 1. The van der Waals surface area contributed by atoms with Crippen LogP contribution in [0.4, 0.5) is 22.0 Å². The van der Waals surface area contributed by atoms with Crippen molar-refractivity contribution >= 4 is 45.1 Å². The van der Waals surface area contributed by atoms with Crippen LogP contribution in [0.2, 0.25) is 0 Å². The van der Waals surface area contributed by atoms with Gasteiger partial charge in [-0.15, -0.1) is 0 Å². The molecule has 0 atom stereocenters. The highest BCUT2D eigenvalue weighted by Gasteiger charge is 2.20. The number of carbonyl (C=O) groups is 1. The van der Waals surface area contributed by atoms with Crippen LogP contribution >= 0.6 is 0 Å². The van der Waals surface area contributed by atoms with Crippen LogP contribution in [0.5, 0.6) is 0 Å². The van der Waals surface area contributed by atoms with Crippen LogP contribution in [-0.4, -0.2) is 31.4 Å². The van der Waals surface area contributed by atoms with Crippen molar-refractivity contribution in [1.29, 1.82) is 0 Å². The van der Waals surface area contributed by atoms with Gasteiger partial charge in [0, 0.05) is 27.7 Å². The van der Waals surface area contributed by atoms with Gasteiger partial charge in [-0.2, -0.15) is 9.78 Å². The number of aromatic nitrogens is 4. The topological polar surface area (TPSA) is 108 Å². The van der Waals surface area contributed by atoms with E-state index in [4.69, 9.17) is 20.4 Å². The largest absolute Gasteiger partial charge is 0.442 e. The van der Waals surface area contributed by atoms with Gasteiger partial charge in [-0.3, -0.25) is 0 Å². The number of aryl methyl sites for hydroxylation is 1. The van der Waals surface area contributed by atoms with E-state index in [2.05, 4.69) is 16.5 Å². The predicted molar refractivity (Wildman–Crippen MR) is 139 cm³/mol. The number of nitrogen functional groups attached to an aromatic ring is 1. The maximum Gasteiger partial charge on any atom is 0.435 e. The first-order valence-electron chi connectivity index (χ1n) is 11.3. The van der Waals surface area contributed by atoms with E-state index < -0.39 is 11.7 Å². The molecular formula is C27H26N6O2. The zero-order valence-corrected chi connectivity index (χ0v) is 20.0. The molecule has 3 aromatic carbocycles. The lowest BCUT2D eigenvalue weighted by Gasteiger charge is -2.19. The van der Waals surface area contributed by atoms with Crippen LogP contribution in [0.15, 0.2) is 66.9 Å². The van der Waals surface area contributed by atoms with Gasteiger partial charge in [-0.1, -0.05) is 23.8 Å². The molecule has 0 saturated carbocycles. The number of hydrogen-bond donors (Lipinski definition) is 2. The van der Waals surface area contributed by atoms with Crippen molar-refractivity contribution in [3.63, 3.8) is 0 Å². The Labute approximate surface area is 202 Å². The Morgan fingerprint density at radius 1 is 1.03 bits per heavy atom. The fraction of sp³-hybridized carbons (Fsp3) is 0.185. The Morgan fingerprint density at radius 2 is 1.86 bits per heavy atom. The molecule has 0 aliphatic carbocycles. The molecule has 0 spiro atoms. The van der Waals surface area contributed by atoms with E-state index in [9.17, 15) is 4.79 Å². The second-order valence-corrected chi connectivity index (χ2v) is 9.48. The molecule has 0 bridgehead atoms. The van der Waals surface area contributed by atoms with Gasteiger partial charge in [-0.25, -0.2) is 14.8 Å². The monoisotopic (exact) mass is 466 g/mol. The molecule has 2 aromatic heterocycles. The second kappa shape index (κ2) is 8.39. The summed E-state index contributed by atoms with van der Waals surface area (Å²) in [6.45, 7) is 7.51. The summed E-state index contributed by atoms with van der Waals surface area (Å²) in [7, 11) is 0. The fourth-order valence-electron chi connectivity index (χ4n) is 3.84. The zero-order valence-electron chi connectivity index (χ0n) is 20.0. The minimum Gasteiger partial charge on any atom is -0.442 e. The molecule has 0 unspecified atom stereocenters. The van der Waals surface area contributed by atoms with Crippen molar-refractivity contribution in [3.05, 3.63) is 72.4 Å². The van der Waals surface area contributed by atoms with Crippen LogP contribution in [0.1, 0.15) is 26.3 Å². The van der Waals surface area contributed by atoms with E-state index >= 15 is 0 Å². The fourth-order valence-corrected chi connectivity index (χ4v) is 3.84. The molecule has 3 N–H and O–H groups in total. The molecule has 0 radical (unpaired) electrons. The Hall–Kier alpha value is -4.46. The highest BCUT2D eigenvalue weighted by Crippen LogP contribution is 2.30. The number of ether oxygens (including phenoxy) is 1. The standard InChI is InChI=1S/C27H26N6O2/c1-16-8-10-22-21(12-16)25(32-24(31-22)17-6-5-7-19(28)13-17)30-20-9-11-23-18(14-20)15-29-33(23)26(34)35-27(2,3)4/h5-15H,28H2,1-4H3,(H,30,31,32). The minimum absolute atomic E-state index is 0.516. The average molecular weight is 467 g/mol. The molecule has 0 saturated heterocycles. The van der Waals surface area contributed by atoms with Gasteiger partial charge in [0.15, 0.2) is 5.82 Å². The first-order valence-corrected chi connectivity index (χ1v) is 11.3. The number of nitrogens with zero attached hydrogens (tertiary/aromatic N) is 4. The number of anilines is 3.